The van der Waals surface area contributed by atoms with E-state index in [0.29, 0.717) is 5.92 Å². The minimum Gasteiger partial charge on any atom is -0.247 e. The summed E-state index contributed by atoms with van der Waals surface area (Å²) in [4.78, 5) is 0. The molecule has 0 radical (unpaired) electrons. The quantitative estimate of drug-likeness (QED) is 0.621. The van der Waals surface area contributed by atoms with Crippen molar-refractivity contribution in [2.24, 2.45) is 23.7 Å². The Balaban J connectivity index is 2.26. The Hall–Kier alpha value is -0.0700. The van der Waals surface area contributed by atoms with Crippen molar-refractivity contribution in [3.05, 3.63) is 0 Å². The van der Waals surface area contributed by atoms with Crippen LogP contribution in [-0.2, 0) is 0 Å². The summed E-state index contributed by atoms with van der Waals surface area (Å²) in [5.41, 5.74) is 0. The fraction of sp³-hybridized carbons (Fsp3) is 1.00. The van der Waals surface area contributed by atoms with Gasteiger partial charge in [-0.3, -0.25) is 0 Å². The van der Waals surface area contributed by atoms with Crippen LogP contribution in [0.25, 0.3) is 0 Å². The van der Waals surface area contributed by atoms with E-state index in [9.17, 15) is 4.39 Å². The van der Waals surface area contributed by atoms with E-state index in [2.05, 4.69) is 20.8 Å². The summed E-state index contributed by atoms with van der Waals surface area (Å²) in [5, 5.41) is 0. The molecule has 0 aromatic carbocycles. The first-order valence-electron chi connectivity index (χ1n) is 5.70. The van der Waals surface area contributed by atoms with Gasteiger partial charge >= 0.3 is 0 Å². The van der Waals surface area contributed by atoms with Crippen molar-refractivity contribution in [2.75, 3.05) is 0 Å². The van der Waals surface area contributed by atoms with E-state index in [1.165, 1.54) is 6.42 Å². The average molecular weight is 186 g/mol. The van der Waals surface area contributed by atoms with E-state index in [0.717, 1.165) is 30.6 Å². The van der Waals surface area contributed by atoms with Crippen molar-refractivity contribution in [1.82, 2.24) is 0 Å². The zero-order chi connectivity index (χ0) is 10.0. The summed E-state index contributed by atoms with van der Waals surface area (Å²) in [6, 6.07) is 0. The first-order chi connectivity index (χ1) is 6.06. The van der Waals surface area contributed by atoms with Crippen molar-refractivity contribution >= 4 is 0 Å². The number of halogens is 1. The molecule has 3 unspecified atom stereocenters. The van der Waals surface area contributed by atoms with Gasteiger partial charge in [-0.15, -0.1) is 0 Å². The molecule has 0 aliphatic heterocycles. The van der Waals surface area contributed by atoms with Crippen LogP contribution in [0.4, 0.5) is 4.39 Å². The lowest BCUT2D eigenvalue weighted by Crippen LogP contribution is -2.35. The van der Waals surface area contributed by atoms with Crippen molar-refractivity contribution in [2.45, 2.75) is 53.1 Å². The van der Waals surface area contributed by atoms with Crippen LogP contribution in [0.2, 0.25) is 0 Å². The van der Waals surface area contributed by atoms with Crippen molar-refractivity contribution in [1.29, 1.82) is 0 Å². The summed E-state index contributed by atoms with van der Waals surface area (Å²) < 4.78 is 12.9. The van der Waals surface area contributed by atoms with Crippen molar-refractivity contribution in [3.63, 3.8) is 0 Å². The molecular formula is C12H23F. The lowest BCUT2D eigenvalue weighted by Gasteiger charge is -2.42. The molecule has 0 aromatic heterocycles. The molecule has 0 nitrogen and oxygen atoms in total. The first-order valence-corrected chi connectivity index (χ1v) is 5.70. The van der Waals surface area contributed by atoms with Gasteiger partial charge in [-0.1, -0.05) is 27.2 Å². The molecule has 0 amide bonds. The number of hydrogen-bond donors (Lipinski definition) is 0. The van der Waals surface area contributed by atoms with Gasteiger partial charge in [0.15, 0.2) is 0 Å². The topological polar surface area (TPSA) is 0 Å². The van der Waals surface area contributed by atoms with Gasteiger partial charge in [-0.2, -0.15) is 0 Å². The predicted octanol–water partition coefficient (Wildman–Crippen LogP) is 4.05. The molecule has 0 saturated heterocycles. The van der Waals surface area contributed by atoms with Crippen LogP contribution in [0.15, 0.2) is 0 Å². The van der Waals surface area contributed by atoms with Crippen LogP contribution < -0.4 is 0 Å². The monoisotopic (exact) mass is 186 g/mol. The van der Waals surface area contributed by atoms with E-state index >= 15 is 0 Å². The lowest BCUT2D eigenvalue weighted by molar-refractivity contribution is 0.0485. The minimum atomic E-state index is -0.583. The van der Waals surface area contributed by atoms with Crippen LogP contribution in [0.5, 0.6) is 0 Å². The molecule has 0 heterocycles. The largest absolute Gasteiger partial charge is 0.247 e. The second kappa shape index (κ2) is 4.43. The van der Waals surface area contributed by atoms with Crippen LogP contribution in [0, 0.1) is 23.7 Å². The highest BCUT2D eigenvalue weighted by molar-refractivity contribution is 4.86. The van der Waals surface area contributed by atoms with Crippen LogP contribution in [0.1, 0.15) is 47.0 Å². The minimum absolute atomic E-state index is 0.372. The van der Waals surface area contributed by atoms with Crippen LogP contribution in [0.3, 0.4) is 0 Å². The maximum atomic E-state index is 12.9. The lowest BCUT2D eigenvalue weighted by atomic mass is 9.64. The summed E-state index contributed by atoms with van der Waals surface area (Å²) >= 11 is 0. The van der Waals surface area contributed by atoms with Gasteiger partial charge in [0.1, 0.15) is 6.17 Å². The van der Waals surface area contributed by atoms with Gasteiger partial charge in [-0.25, -0.2) is 4.39 Å². The Kier molecular flexibility index (Phi) is 3.75. The molecule has 0 spiro atoms. The molecule has 1 aliphatic rings. The molecule has 1 rings (SSSR count). The van der Waals surface area contributed by atoms with Crippen LogP contribution in [-0.4, -0.2) is 6.17 Å². The summed E-state index contributed by atoms with van der Waals surface area (Å²) in [5.74, 6) is 2.77. The second-order valence-electron chi connectivity index (χ2n) is 4.91. The molecule has 1 fully saturated rings. The Morgan fingerprint density at radius 2 is 1.69 bits per heavy atom. The zero-order valence-corrected chi connectivity index (χ0v) is 9.39. The molecule has 0 aromatic rings. The summed E-state index contributed by atoms with van der Waals surface area (Å²) in [7, 11) is 0. The molecule has 0 N–H and O–H groups in total. The van der Waals surface area contributed by atoms with Gasteiger partial charge in [-0.05, 0) is 43.4 Å². The first kappa shape index (κ1) is 11.0. The SMILES string of the molecule is CCC(C)C(C)C1CC(C(C)F)C1. The molecule has 1 saturated carbocycles. The normalized spacial score (nSPS) is 34.8. The Morgan fingerprint density at radius 3 is 2.08 bits per heavy atom. The van der Waals surface area contributed by atoms with E-state index < -0.39 is 6.17 Å². The highest BCUT2D eigenvalue weighted by atomic mass is 19.1. The third kappa shape index (κ3) is 2.45. The zero-order valence-electron chi connectivity index (χ0n) is 9.39. The van der Waals surface area contributed by atoms with Gasteiger partial charge in [0.25, 0.3) is 0 Å². The van der Waals surface area contributed by atoms with Gasteiger partial charge in [0.2, 0.25) is 0 Å². The van der Waals surface area contributed by atoms with Crippen molar-refractivity contribution < 1.29 is 4.39 Å². The van der Waals surface area contributed by atoms with E-state index in [1.807, 2.05) is 0 Å². The molecule has 3 atom stereocenters. The number of alkyl halides is 1. The Bertz CT molecular complexity index is 147. The van der Waals surface area contributed by atoms with E-state index in [-0.39, 0.29) is 0 Å². The number of hydrogen-bond acceptors (Lipinski definition) is 0. The standard InChI is InChI=1S/C12H23F/c1-5-8(2)9(3)11-6-12(7-11)10(4)13/h8-12H,5-7H2,1-4H3. The van der Waals surface area contributed by atoms with Crippen molar-refractivity contribution in [3.8, 4) is 0 Å². The molecule has 1 heteroatoms. The smallest absolute Gasteiger partial charge is 0.100 e. The Morgan fingerprint density at radius 1 is 1.15 bits per heavy atom. The Labute approximate surface area is 81.9 Å². The van der Waals surface area contributed by atoms with E-state index in [1.54, 1.807) is 6.92 Å². The molecular weight excluding hydrogens is 163 g/mol. The fourth-order valence-corrected chi connectivity index (χ4v) is 2.35. The van der Waals surface area contributed by atoms with Gasteiger partial charge in [0, 0.05) is 0 Å². The summed E-state index contributed by atoms with van der Waals surface area (Å²) in [6.45, 7) is 8.60. The highest BCUT2D eigenvalue weighted by Crippen LogP contribution is 2.44. The molecule has 0 bridgehead atoms. The number of rotatable bonds is 4. The average Bonchev–Trinajstić information content (AvgIpc) is 1.99. The molecule has 78 valence electrons. The third-order valence-corrected chi connectivity index (χ3v) is 4.15. The summed E-state index contributed by atoms with van der Waals surface area (Å²) in [6.07, 6.45) is 2.93. The molecule has 13 heavy (non-hydrogen) atoms. The molecule has 1 aliphatic carbocycles. The van der Waals surface area contributed by atoms with Gasteiger partial charge < -0.3 is 0 Å². The highest BCUT2D eigenvalue weighted by Gasteiger charge is 2.37. The fourth-order valence-electron chi connectivity index (χ4n) is 2.35. The second-order valence-corrected chi connectivity index (χ2v) is 4.91. The predicted molar refractivity (Wildman–Crippen MR) is 55.4 cm³/mol. The van der Waals surface area contributed by atoms with Crippen LogP contribution >= 0.6 is 0 Å². The maximum Gasteiger partial charge on any atom is 0.100 e. The third-order valence-electron chi connectivity index (χ3n) is 4.15. The maximum absolute atomic E-state index is 12.9. The van der Waals surface area contributed by atoms with E-state index in [4.69, 9.17) is 0 Å². The van der Waals surface area contributed by atoms with Gasteiger partial charge in [0.05, 0.1) is 0 Å².